The van der Waals surface area contributed by atoms with Gasteiger partial charge in [0.1, 0.15) is 0 Å². The van der Waals surface area contributed by atoms with Gasteiger partial charge in [0.2, 0.25) is 11.9 Å². The Balaban J connectivity index is 1.67. The summed E-state index contributed by atoms with van der Waals surface area (Å²) in [7, 11) is 0. The van der Waals surface area contributed by atoms with Crippen LogP contribution < -0.4 is 5.32 Å². The summed E-state index contributed by atoms with van der Waals surface area (Å²) in [5, 5.41) is 2.89. The minimum absolute atomic E-state index is 0.0171. The molecule has 0 radical (unpaired) electrons. The molecule has 0 fully saturated rings. The van der Waals surface area contributed by atoms with Gasteiger partial charge >= 0.3 is 0 Å². The van der Waals surface area contributed by atoms with E-state index in [1.807, 2.05) is 67.8 Å². The van der Waals surface area contributed by atoms with Crippen molar-refractivity contribution in [3.63, 3.8) is 0 Å². The molecule has 0 spiro atoms. The zero-order valence-corrected chi connectivity index (χ0v) is 17.9. The first-order chi connectivity index (χ1) is 14.5. The van der Waals surface area contributed by atoms with E-state index in [0.717, 1.165) is 28.6 Å². The zero-order chi connectivity index (χ0) is 21.5. The summed E-state index contributed by atoms with van der Waals surface area (Å²) in [5.74, 6) is 0.281. The van der Waals surface area contributed by atoms with E-state index in [0.29, 0.717) is 31.3 Å². The van der Waals surface area contributed by atoms with Crippen LogP contribution in [-0.2, 0) is 16.1 Å². The number of imidazole rings is 1. The van der Waals surface area contributed by atoms with Crippen molar-refractivity contribution in [3.8, 4) is 0 Å². The Morgan fingerprint density at radius 3 is 2.70 bits per heavy atom. The SMILES string of the molecule is CCOCCCn1c(NC(=O)CCC(=O)c2cc(C)ccc2C)nc2ccccc21. The Bertz CT molecular complexity index is 1040. The van der Waals surface area contributed by atoms with Gasteiger partial charge in [-0.2, -0.15) is 0 Å². The maximum absolute atomic E-state index is 12.6. The van der Waals surface area contributed by atoms with Gasteiger partial charge < -0.3 is 9.30 Å². The number of ether oxygens (including phenoxy) is 1. The summed E-state index contributed by atoms with van der Waals surface area (Å²) >= 11 is 0. The van der Waals surface area contributed by atoms with Crippen LogP contribution in [0.15, 0.2) is 42.5 Å². The van der Waals surface area contributed by atoms with Gasteiger partial charge in [-0.15, -0.1) is 0 Å². The van der Waals surface area contributed by atoms with Crippen LogP contribution in [0, 0.1) is 13.8 Å². The van der Waals surface area contributed by atoms with Crippen molar-refractivity contribution in [1.82, 2.24) is 9.55 Å². The molecule has 6 nitrogen and oxygen atoms in total. The molecule has 3 rings (SSSR count). The van der Waals surface area contributed by atoms with Crippen molar-refractivity contribution in [2.45, 2.75) is 46.6 Å². The molecule has 0 unspecified atom stereocenters. The Kier molecular flexibility index (Phi) is 7.36. The third kappa shape index (κ3) is 5.33. The maximum atomic E-state index is 12.6. The molecular formula is C24H29N3O3. The highest BCUT2D eigenvalue weighted by Crippen LogP contribution is 2.21. The topological polar surface area (TPSA) is 73.2 Å². The molecule has 0 aliphatic rings. The van der Waals surface area contributed by atoms with E-state index < -0.39 is 0 Å². The summed E-state index contributed by atoms with van der Waals surface area (Å²) in [6, 6.07) is 13.6. The second kappa shape index (κ2) is 10.2. The monoisotopic (exact) mass is 407 g/mol. The number of Topliss-reactive ketones (excluding diaryl/α,β-unsaturated/α-hetero) is 1. The number of rotatable bonds is 10. The van der Waals surface area contributed by atoms with Crippen molar-refractivity contribution in [2.24, 2.45) is 0 Å². The van der Waals surface area contributed by atoms with Crippen LogP contribution in [-0.4, -0.2) is 34.5 Å². The number of amides is 1. The van der Waals surface area contributed by atoms with Gasteiger partial charge in [-0.1, -0.05) is 29.8 Å². The number of aromatic nitrogens is 2. The number of ketones is 1. The number of anilines is 1. The van der Waals surface area contributed by atoms with Crippen molar-refractivity contribution in [2.75, 3.05) is 18.5 Å². The molecule has 0 aliphatic carbocycles. The fourth-order valence-electron chi connectivity index (χ4n) is 3.45. The number of nitrogens with zero attached hydrogens (tertiary/aromatic N) is 2. The lowest BCUT2D eigenvalue weighted by Crippen LogP contribution is -2.17. The molecule has 0 saturated carbocycles. The van der Waals surface area contributed by atoms with Gasteiger partial charge in [-0.3, -0.25) is 14.9 Å². The first kappa shape index (κ1) is 21.7. The standard InChI is InChI=1S/C24H29N3O3/c1-4-30-15-7-14-27-21-9-6-5-8-20(21)25-24(27)26-23(29)13-12-22(28)19-16-17(2)10-11-18(19)3/h5-6,8-11,16H,4,7,12-15H2,1-3H3,(H,25,26,29). The van der Waals surface area contributed by atoms with Crippen LogP contribution in [0.5, 0.6) is 0 Å². The molecule has 3 aromatic rings. The lowest BCUT2D eigenvalue weighted by atomic mass is 9.99. The highest BCUT2D eigenvalue weighted by atomic mass is 16.5. The average molecular weight is 408 g/mol. The van der Waals surface area contributed by atoms with Crippen LogP contribution in [0.1, 0.15) is 47.7 Å². The molecule has 2 aromatic carbocycles. The first-order valence-electron chi connectivity index (χ1n) is 10.4. The lowest BCUT2D eigenvalue weighted by molar-refractivity contribution is -0.116. The zero-order valence-electron chi connectivity index (χ0n) is 17.9. The van der Waals surface area contributed by atoms with Gasteiger partial charge in [0.05, 0.1) is 11.0 Å². The molecule has 0 aliphatic heterocycles. The number of carbonyl (C=O) groups is 2. The molecule has 1 amide bonds. The summed E-state index contributed by atoms with van der Waals surface area (Å²) < 4.78 is 7.43. The molecular weight excluding hydrogens is 378 g/mol. The second-order valence-corrected chi connectivity index (χ2v) is 7.42. The van der Waals surface area contributed by atoms with E-state index in [2.05, 4.69) is 10.3 Å². The average Bonchev–Trinajstić information content (AvgIpc) is 3.08. The predicted octanol–water partition coefficient (Wildman–Crippen LogP) is 4.68. The fraction of sp³-hybridized carbons (Fsp3) is 0.375. The number of nitrogens with one attached hydrogen (secondary N) is 1. The maximum Gasteiger partial charge on any atom is 0.227 e. The van der Waals surface area contributed by atoms with E-state index in [4.69, 9.17) is 4.74 Å². The number of aryl methyl sites for hydroxylation is 3. The van der Waals surface area contributed by atoms with Crippen molar-refractivity contribution >= 4 is 28.7 Å². The third-order valence-electron chi connectivity index (χ3n) is 5.05. The first-order valence-corrected chi connectivity index (χ1v) is 10.4. The van der Waals surface area contributed by atoms with Crippen molar-refractivity contribution < 1.29 is 14.3 Å². The highest BCUT2D eigenvalue weighted by molar-refractivity contribution is 6.01. The van der Waals surface area contributed by atoms with E-state index in [-0.39, 0.29) is 24.5 Å². The summed E-state index contributed by atoms with van der Waals surface area (Å²) in [4.78, 5) is 29.7. The highest BCUT2D eigenvalue weighted by Gasteiger charge is 2.15. The van der Waals surface area contributed by atoms with Gasteiger partial charge in [-0.25, -0.2) is 4.98 Å². The molecule has 1 aromatic heterocycles. The van der Waals surface area contributed by atoms with E-state index >= 15 is 0 Å². The number of carbonyl (C=O) groups excluding carboxylic acids is 2. The van der Waals surface area contributed by atoms with Crippen LogP contribution in [0.3, 0.4) is 0 Å². The largest absolute Gasteiger partial charge is 0.382 e. The molecule has 1 heterocycles. The lowest BCUT2D eigenvalue weighted by Gasteiger charge is -2.10. The van der Waals surface area contributed by atoms with Gasteiger partial charge in [0, 0.05) is 38.2 Å². The summed E-state index contributed by atoms with van der Waals surface area (Å²) in [6.07, 6.45) is 1.11. The summed E-state index contributed by atoms with van der Waals surface area (Å²) in [5.41, 5.74) is 4.45. The Morgan fingerprint density at radius 1 is 1.10 bits per heavy atom. The van der Waals surface area contributed by atoms with E-state index in [9.17, 15) is 9.59 Å². The van der Waals surface area contributed by atoms with Crippen molar-refractivity contribution in [3.05, 3.63) is 59.2 Å². The molecule has 0 bridgehead atoms. The predicted molar refractivity (Wildman–Crippen MR) is 119 cm³/mol. The number of fused-ring (bicyclic) bond motifs is 1. The number of benzene rings is 2. The Morgan fingerprint density at radius 2 is 1.90 bits per heavy atom. The third-order valence-corrected chi connectivity index (χ3v) is 5.05. The van der Waals surface area contributed by atoms with Crippen LogP contribution >= 0.6 is 0 Å². The summed E-state index contributed by atoms with van der Waals surface area (Å²) in [6.45, 7) is 7.87. The number of hydrogen-bond donors (Lipinski definition) is 1. The van der Waals surface area contributed by atoms with Gasteiger partial charge in [0.15, 0.2) is 5.78 Å². The quantitative estimate of drug-likeness (QED) is 0.391. The molecule has 0 saturated heterocycles. The molecule has 30 heavy (non-hydrogen) atoms. The van der Waals surface area contributed by atoms with Gasteiger partial charge in [0.25, 0.3) is 0 Å². The molecule has 6 heteroatoms. The minimum Gasteiger partial charge on any atom is -0.382 e. The second-order valence-electron chi connectivity index (χ2n) is 7.42. The van der Waals surface area contributed by atoms with E-state index in [1.165, 1.54) is 0 Å². The van der Waals surface area contributed by atoms with Crippen molar-refractivity contribution in [1.29, 1.82) is 0 Å². The molecule has 0 atom stereocenters. The number of hydrogen-bond acceptors (Lipinski definition) is 4. The molecule has 1 N–H and O–H groups in total. The van der Waals surface area contributed by atoms with Crippen LogP contribution in [0.2, 0.25) is 0 Å². The van der Waals surface area contributed by atoms with Gasteiger partial charge in [-0.05, 0) is 51.0 Å². The Hall–Kier alpha value is -2.99. The molecule has 158 valence electrons. The van der Waals surface area contributed by atoms with Crippen LogP contribution in [0.4, 0.5) is 5.95 Å². The minimum atomic E-state index is -0.213. The normalized spacial score (nSPS) is 11.0. The van der Waals surface area contributed by atoms with Crippen LogP contribution in [0.25, 0.3) is 11.0 Å². The van der Waals surface area contributed by atoms with E-state index in [1.54, 1.807) is 0 Å². The fourth-order valence-corrected chi connectivity index (χ4v) is 3.45. The smallest absolute Gasteiger partial charge is 0.227 e. The Labute approximate surface area is 177 Å². The number of para-hydroxylation sites is 2.